The number of hydrazine groups is 1. The number of thiophene rings is 1. The van der Waals surface area contributed by atoms with E-state index in [1.165, 1.54) is 0 Å². The fourth-order valence-corrected chi connectivity index (χ4v) is 4.86. The van der Waals surface area contributed by atoms with Crippen molar-refractivity contribution in [3.8, 4) is 0 Å². The van der Waals surface area contributed by atoms with Gasteiger partial charge in [0.25, 0.3) is 0 Å². The predicted molar refractivity (Wildman–Crippen MR) is 83.9 cm³/mol. The molecule has 2 heterocycles. The summed E-state index contributed by atoms with van der Waals surface area (Å²) in [7, 11) is 0. The number of hydrogen-bond acceptors (Lipinski definition) is 5. The summed E-state index contributed by atoms with van der Waals surface area (Å²) in [6.07, 6.45) is 2.28. The summed E-state index contributed by atoms with van der Waals surface area (Å²) in [5, 5.41) is 4.24. The lowest BCUT2D eigenvalue weighted by Crippen LogP contribution is -2.30. The zero-order valence-electron chi connectivity index (χ0n) is 10.6. The first-order valence-electron chi connectivity index (χ1n) is 5.82. The van der Waals surface area contributed by atoms with Gasteiger partial charge in [-0.15, -0.1) is 11.3 Å². The van der Waals surface area contributed by atoms with Gasteiger partial charge >= 0.3 is 0 Å². The van der Waals surface area contributed by atoms with Gasteiger partial charge in [0.1, 0.15) is 12.2 Å². The van der Waals surface area contributed by atoms with Crippen molar-refractivity contribution in [1.29, 1.82) is 0 Å². The van der Waals surface area contributed by atoms with Crippen molar-refractivity contribution in [3.05, 3.63) is 31.4 Å². The lowest BCUT2D eigenvalue weighted by Gasteiger charge is -2.16. The zero-order chi connectivity index (χ0) is 14.0. The second-order valence-electron chi connectivity index (χ2n) is 4.42. The van der Waals surface area contributed by atoms with Crippen LogP contribution < -0.4 is 11.3 Å². The van der Waals surface area contributed by atoms with Crippen LogP contribution in [0.4, 0.5) is 0 Å². The van der Waals surface area contributed by atoms with Crippen LogP contribution in [0.25, 0.3) is 0 Å². The van der Waals surface area contributed by atoms with E-state index in [2.05, 4.69) is 67.3 Å². The summed E-state index contributed by atoms with van der Waals surface area (Å²) < 4.78 is 4.05. The average Bonchev–Trinajstić information content (AvgIpc) is 2.92. The first kappa shape index (κ1) is 15.1. The molecule has 0 aliphatic rings. The molecule has 0 bridgehead atoms. The van der Waals surface area contributed by atoms with E-state index in [0.29, 0.717) is 6.42 Å². The van der Waals surface area contributed by atoms with Gasteiger partial charge in [-0.2, -0.15) is 5.10 Å². The van der Waals surface area contributed by atoms with Crippen LogP contribution in [-0.2, 0) is 6.42 Å². The molecule has 2 rings (SSSR count). The summed E-state index contributed by atoms with van der Waals surface area (Å²) in [4.78, 5) is 4.32. The quantitative estimate of drug-likeness (QED) is 0.588. The van der Waals surface area contributed by atoms with Gasteiger partial charge in [0.2, 0.25) is 0 Å². The van der Waals surface area contributed by atoms with E-state index < -0.39 is 0 Å². The van der Waals surface area contributed by atoms with Gasteiger partial charge in [0, 0.05) is 12.5 Å². The van der Waals surface area contributed by atoms with Gasteiger partial charge in [-0.05, 0) is 57.3 Å². The number of nitrogens with one attached hydrogen (secondary N) is 1. The summed E-state index contributed by atoms with van der Waals surface area (Å²) >= 11 is 8.67. The number of hydrogen-bond donors (Lipinski definition) is 2. The highest BCUT2D eigenvalue weighted by Gasteiger charge is 2.19. The first-order valence-corrected chi connectivity index (χ1v) is 8.22. The Bertz CT molecular complexity index is 551. The van der Waals surface area contributed by atoms with Gasteiger partial charge in [-0.3, -0.25) is 11.3 Å². The normalized spacial score (nSPS) is 13.2. The van der Waals surface area contributed by atoms with Crippen LogP contribution in [0.1, 0.15) is 37.3 Å². The molecule has 0 amide bonds. The lowest BCUT2D eigenvalue weighted by atomic mass is 10.1. The fourth-order valence-electron chi connectivity index (χ4n) is 1.88. The molecular weight excluding hydrogens is 394 g/mol. The maximum absolute atomic E-state index is 5.69. The van der Waals surface area contributed by atoms with E-state index in [1.54, 1.807) is 17.7 Å². The van der Waals surface area contributed by atoms with Crippen LogP contribution in [0, 0.1) is 0 Å². The van der Waals surface area contributed by atoms with Crippen LogP contribution in [-0.4, -0.2) is 14.8 Å². The smallest absolute Gasteiger partial charge is 0.138 e. The Morgan fingerprint density at radius 1 is 1.47 bits per heavy atom. The molecule has 5 nitrogen and oxygen atoms in total. The molecule has 0 aliphatic heterocycles. The van der Waals surface area contributed by atoms with Crippen molar-refractivity contribution in [2.45, 2.75) is 32.4 Å². The van der Waals surface area contributed by atoms with E-state index in [1.807, 2.05) is 4.68 Å². The summed E-state index contributed by atoms with van der Waals surface area (Å²) in [5.41, 5.74) is 3.97. The average molecular weight is 409 g/mol. The summed E-state index contributed by atoms with van der Waals surface area (Å²) in [5.74, 6) is 6.61. The Kier molecular flexibility index (Phi) is 5.13. The molecule has 0 fully saturated rings. The maximum Gasteiger partial charge on any atom is 0.138 e. The van der Waals surface area contributed by atoms with Gasteiger partial charge in [-0.25, -0.2) is 9.67 Å². The van der Waals surface area contributed by atoms with E-state index in [0.717, 1.165) is 19.0 Å². The SMILES string of the molecule is CC(C)n1ncnc1CC(NN)c1cc(Br)sc1Br. The molecule has 3 N–H and O–H groups in total. The Labute approximate surface area is 132 Å². The minimum atomic E-state index is -0.00127. The molecule has 0 saturated carbocycles. The van der Waals surface area contributed by atoms with Crippen molar-refractivity contribution in [2.24, 2.45) is 5.84 Å². The van der Waals surface area contributed by atoms with Gasteiger partial charge < -0.3 is 0 Å². The molecule has 2 aromatic rings. The third-order valence-electron chi connectivity index (χ3n) is 2.78. The number of nitrogens with two attached hydrogens (primary N) is 1. The largest absolute Gasteiger partial charge is 0.271 e. The van der Waals surface area contributed by atoms with Gasteiger partial charge in [0.15, 0.2) is 0 Å². The Morgan fingerprint density at radius 2 is 2.21 bits per heavy atom. The topological polar surface area (TPSA) is 68.8 Å². The second kappa shape index (κ2) is 6.45. The van der Waals surface area contributed by atoms with E-state index in [9.17, 15) is 0 Å². The zero-order valence-corrected chi connectivity index (χ0v) is 14.6. The molecule has 1 atom stereocenters. The minimum Gasteiger partial charge on any atom is -0.271 e. The third kappa shape index (κ3) is 3.43. The second-order valence-corrected chi connectivity index (χ2v) is 8.17. The Balaban J connectivity index is 2.24. The number of aromatic nitrogens is 3. The summed E-state index contributed by atoms with van der Waals surface area (Å²) in [6.45, 7) is 4.17. The molecule has 0 aromatic carbocycles. The Hall–Kier alpha value is -0.280. The molecule has 0 aliphatic carbocycles. The number of nitrogens with zero attached hydrogens (tertiary/aromatic N) is 3. The molecule has 0 spiro atoms. The molecule has 8 heteroatoms. The Morgan fingerprint density at radius 3 is 2.74 bits per heavy atom. The summed E-state index contributed by atoms with van der Waals surface area (Å²) in [6, 6.07) is 2.35. The van der Waals surface area contributed by atoms with E-state index in [4.69, 9.17) is 5.84 Å². The monoisotopic (exact) mass is 407 g/mol. The molecule has 2 aromatic heterocycles. The van der Waals surface area contributed by atoms with Gasteiger partial charge in [0.05, 0.1) is 13.6 Å². The molecule has 1 unspecified atom stereocenters. The number of rotatable bonds is 5. The van der Waals surface area contributed by atoms with Crippen LogP contribution >= 0.6 is 43.2 Å². The van der Waals surface area contributed by atoms with Crippen molar-refractivity contribution in [1.82, 2.24) is 20.2 Å². The first-order chi connectivity index (χ1) is 9.02. The predicted octanol–water partition coefficient (Wildman–Crippen LogP) is 3.19. The van der Waals surface area contributed by atoms with Crippen LogP contribution in [0.2, 0.25) is 0 Å². The molecule has 19 heavy (non-hydrogen) atoms. The van der Waals surface area contributed by atoms with E-state index >= 15 is 0 Å². The highest BCUT2D eigenvalue weighted by molar-refractivity contribution is 9.12. The fraction of sp³-hybridized carbons (Fsp3) is 0.455. The minimum absolute atomic E-state index is 0.00127. The maximum atomic E-state index is 5.69. The molecule has 104 valence electrons. The van der Waals surface area contributed by atoms with Crippen LogP contribution in [0.15, 0.2) is 20.0 Å². The molecule has 0 saturated heterocycles. The van der Waals surface area contributed by atoms with Crippen molar-refractivity contribution >= 4 is 43.2 Å². The van der Waals surface area contributed by atoms with Crippen molar-refractivity contribution in [3.63, 3.8) is 0 Å². The van der Waals surface area contributed by atoms with Gasteiger partial charge in [-0.1, -0.05) is 0 Å². The van der Waals surface area contributed by atoms with Crippen LogP contribution in [0.5, 0.6) is 0 Å². The lowest BCUT2D eigenvalue weighted by molar-refractivity contribution is 0.468. The number of halogens is 2. The standard InChI is InChI=1S/C11H15Br2N5S/c1-6(2)18-10(15-5-16-18)4-8(17-14)7-3-9(12)19-11(7)13/h3,5-6,8,17H,4,14H2,1-2H3. The van der Waals surface area contributed by atoms with Crippen LogP contribution in [0.3, 0.4) is 0 Å². The third-order valence-corrected chi connectivity index (χ3v) is 5.17. The van der Waals surface area contributed by atoms with Crippen molar-refractivity contribution in [2.75, 3.05) is 0 Å². The van der Waals surface area contributed by atoms with E-state index in [-0.39, 0.29) is 12.1 Å². The highest BCUT2D eigenvalue weighted by Crippen LogP contribution is 2.36. The molecule has 0 radical (unpaired) electrons. The molecular formula is C11H15Br2N5S. The van der Waals surface area contributed by atoms with Crippen molar-refractivity contribution < 1.29 is 0 Å². The highest BCUT2D eigenvalue weighted by atomic mass is 79.9.